The van der Waals surface area contributed by atoms with E-state index in [0.29, 0.717) is 5.69 Å². The number of hydrogen-bond acceptors (Lipinski definition) is 5. The van der Waals surface area contributed by atoms with Crippen molar-refractivity contribution in [3.8, 4) is 27.9 Å². The van der Waals surface area contributed by atoms with E-state index in [0.717, 1.165) is 27.4 Å². The van der Waals surface area contributed by atoms with E-state index in [4.69, 9.17) is 5.26 Å². The van der Waals surface area contributed by atoms with E-state index >= 15 is 0 Å². The molecule has 0 saturated carbocycles. The summed E-state index contributed by atoms with van der Waals surface area (Å²) in [5, 5.41) is 11.8. The maximum Gasteiger partial charge on any atom is 0.266 e. The zero-order valence-electron chi connectivity index (χ0n) is 12.0. The second kappa shape index (κ2) is 5.54. The molecule has 0 unspecified atom stereocenters. The minimum absolute atomic E-state index is 0.0905. The summed E-state index contributed by atoms with van der Waals surface area (Å²) in [4.78, 5) is 23.1. The Labute approximate surface area is 130 Å². The van der Waals surface area contributed by atoms with Gasteiger partial charge >= 0.3 is 0 Å². The van der Waals surface area contributed by atoms with Crippen molar-refractivity contribution in [2.24, 2.45) is 0 Å². The Hall–Kier alpha value is -2.78. The second-order valence-electron chi connectivity index (χ2n) is 4.89. The van der Waals surface area contributed by atoms with Gasteiger partial charge in [0.15, 0.2) is 0 Å². The van der Waals surface area contributed by atoms with Gasteiger partial charge in [0.05, 0.1) is 5.69 Å². The zero-order chi connectivity index (χ0) is 15.7. The van der Waals surface area contributed by atoms with Gasteiger partial charge in [0.25, 0.3) is 5.56 Å². The predicted molar refractivity (Wildman–Crippen MR) is 85.6 cm³/mol. The topological polar surface area (TPSA) is 82.4 Å². The summed E-state index contributed by atoms with van der Waals surface area (Å²) in [5.41, 5.74) is 4.01. The van der Waals surface area contributed by atoms with Gasteiger partial charge in [-0.1, -0.05) is 0 Å². The van der Waals surface area contributed by atoms with Crippen LogP contribution in [0.5, 0.6) is 0 Å². The average molecular weight is 308 g/mol. The normalized spacial score (nSPS) is 10.4. The van der Waals surface area contributed by atoms with E-state index in [1.165, 1.54) is 11.3 Å². The van der Waals surface area contributed by atoms with Crippen LogP contribution >= 0.6 is 11.3 Å². The molecule has 0 bridgehead atoms. The highest BCUT2D eigenvalue weighted by Crippen LogP contribution is 2.31. The molecule has 3 aromatic heterocycles. The van der Waals surface area contributed by atoms with Crippen molar-refractivity contribution in [2.45, 2.75) is 13.8 Å². The molecule has 22 heavy (non-hydrogen) atoms. The first-order chi connectivity index (χ1) is 10.6. The Morgan fingerprint density at radius 3 is 2.86 bits per heavy atom. The van der Waals surface area contributed by atoms with Crippen molar-refractivity contribution in [1.29, 1.82) is 5.26 Å². The van der Waals surface area contributed by atoms with Crippen molar-refractivity contribution in [2.75, 3.05) is 0 Å². The molecule has 0 saturated heterocycles. The van der Waals surface area contributed by atoms with Gasteiger partial charge in [0, 0.05) is 34.6 Å². The van der Waals surface area contributed by atoms with E-state index in [1.807, 2.05) is 24.4 Å². The van der Waals surface area contributed by atoms with Crippen LogP contribution in [0.1, 0.15) is 16.8 Å². The lowest BCUT2D eigenvalue weighted by Crippen LogP contribution is -2.11. The van der Waals surface area contributed by atoms with E-state index in [1.54, 1.807) is 25.4 Å². The Kier molecular flexibility index (Phi) is 3.57. The Bertz CT molecular complexity index is 949. The van der Waals surface area contributed by atoms with Crippen LogP contribution in [-0.2, 0) is 0 Å². The lowest BCUT2D eigenvalue weighted by molar-refractivity contribution is 1.13. The van der Waals surface area contributed by atoms with Crippen LogP contribution in [0.4, 0.5) is 0 Å². The van der Waals surface area contributed by atoms with Crippen molar-refractivity contribution >= 4 is 11.3 Å². The smallest absolute Gasteiger partial charge is 0.266 e. The summed E-state index contributed by atoms with van der Waals surface area (Å²) in [6, 6.07) is 5.43. The highest BCUT2D eigenvalue weighted by molar-refractivity contribution is 7.13. The van der Waals surface area contributed by atoms with Crippen LogP contribution in [0.2, 0.25) is 0 Å². The van der Waals surface area contributed by atoms with Crippen LogP contribution < -0.4 is 5.56 Å². The molecule has 1 N–H and O–H groups in total. The van der Waals surface area contributed by atoms with E-state index < -0.39 is 0 Å². The number of hydrogen-bond donors (Lipinski definition) is 1. The summed E-state index contributed by atoms with van der Waals surface area (Å²) in [7, 11) is 0. The number of nitriles is 1. The summed E-state index contributed by atoms with van der Waals surface area (Å²) in [6.45, 7) is 3.81. The monoisotopic (exact) mass is 308 g/mol. The first-order valence-corrected chi connectivity index (χ1v) is 7.49. The second-order valence-corrected chi connectivity index (χ2v) is 5.75. The molecule has 0 fully saturated rings. The Morgan fingerprint density at radius 2 is 2.14 bits per heavy atom. The Balaban J connectivity index is 2.11. The molecule has 0 aliphatic carbocycles. The number of aryl methyl sites for hydroxylation is 2. The van der Waals surface area contributed by atoms with Gasteiger partial charge in [-0.2, -0.15) is 5.26 Å². The molecule has 3 rings (SSSR count). The van der Waals surface area contributed by atoms with E-state index in [-0.39, 0.29) is 11.1 Å². The molecule has 0 aliphatic heterocycles. The minimum Gasteiger partial charge on any atom is -0.325 e. The van der Waals surface area contributed by atoms with Gasteiger partial charge in [0.1, 0.15) is 16.6 Å². The number of rotatable bonds is 2. The van der Waals surface area contributed by atoms with Crippen LogP contribution in [0.15, 0.2) is 34.7 Å². The molecular formula is C16H12N4OS. The maximum atomic E-state index is 11.6. The molecule has 0 spiro atoms. The van der Waals surface area contributed by atoms with Crippen LogP contribution in [0, 0.1) is 25.2 Å². The predicted octanol–water partition coefficient (Wildman–Crippen LogP) is 3.05. The fraction of sp³-hybridized carbons (Fsp3) is 0.125. The SMILES string of the molecule is Cc1ccncc1-c1nc(-c2cc(C#N)c(=O)[nH]c2C)cs1. The van der Waals surface area contributed by atoms with Gasteiger partial charge in [0.2, 0.25) is 0 Å². The summed E-state index contributed by atoms with van der Waals surface area (Å²) in [5.74, 6) is 0. The zero-order valence-corrected chi connectivity index (χ0v) is 12.9. The molecule has 0 aromatic carbocycles. The molecule has 0 amide bonds. The quantitative estimate of drug-likeness (QED) is 0.788. The first-order valence-electron chi connectivity index (χ1n) is 6.61. The van der Waals surface area contributed by atoms with Crippen LogP contribution in [0.3, 0.4) is 0 Å². The molecule has 3 aromatic rings. The van der Waals surface area contributed by atoms with E-state index in [2.05, 4.69) is 15.0 Å². The minimum atomic E-state index is -0.373. The number of nitrogens with zero attached hydrogens (tertiary/aromatic N) is 3. The average Bonchev–Trinajstić information content (AvgIpc) is 2.97. The highest BCUT2D eigenvalue weighted by atomic mass is 32.1. The van der Waals surface area contributed by atoms with Crippen molar-refractivity contribution in [3.63, 3.8) is 0 Å². The fourth-order valence-corrected chi connectivity index (χ4v) is 3.08. The summed E-state index contributed by atoms with van der Waals surface area (Å²) in [6.07, 6.45) is 3.54. The van der Waals surface area contributed by atoms with Crippen LogP contribution in [-0.4, -0.2) is 15.0 Å². The third kappa shape index (κ3) is 2.43. The molecule has 0 radical (unpaired) electrons. The maximum absolute atomic E-state index is 11.6. The van der Waals surface area contributed by atoms with Crippen molar-refractivity contribution < 1.29 is 0 Å². The number of nitrogens with one attached hydrogen (secondary N) is 1. The molecule has 5 nitrogen and oxygen atoms in total. The molecular weight excluding hydrogens is 296 g/mol. The molecule has 3 heterocycles. The summed E-state index contributed by atoms with van der Waals surface area (Å²) >= 11 is 1.51. The van der Waals surface area contributed by atoms with Crippen LogP contribution in [0.25, 0.3) is 21.8 Å². The Morgan fingerprint density at radius 1 is 1.32 bits per heavy atom. The molecule has 108 valence electrons. The largest absolute Gasteiger partial charge is 0.325 e. The molecule has 0 aliphatic rings. The van der Waals surface area contributed by atoms with Gasteiger partial charge in [-0.25, -0.2) is 4.98 Å². The van der Waals surface area contributed by atoms with Crippen molar-refractivity contribution in [1.82, 2.24) is 15.0 Å². The molecule has 6 heteroatoms. The highest BCUT2D eigenvalue weighted by Gasteiger charge is 2.13. The van der Waals surface area contributed by atoms with Crippen molar-refractivity contribution in [3.05, 3.63) is 57.1 Å². The van der Waals surface area contributed by atoms with Gasteiger partial charge < -0.3 is 4.98 Å². The molecule has 0 atom stereocenters. The number of thiazole rings is 1. The summed E-state index contributed by atoms with van der Waals surface area (Å²) < 4.78 is 0. The van der Waals surface area contributed by atoms with Gasteiger partial charge in [-0.3, -0.25) is 9.78 Å². The van der Waals surface area contributed by atoms with E-state index in [9.17, 15) is 4.79 Å². The lowest BCUT2D eigenvalue weighted by Gasteiger charge is -2.03. The first kappa shape index (κ1) is 14.2. The van der Waals surface area contributed by atoms with Gasteiger partial charge in [-0.15, -0.1) is 11.3 Å². The fourth-order valence-electron chi connectivity index (χ4n) is 2.18. The number of H-pyrrole nitrogens is 1. The number of aromatic nitrogens is 3. The third-order valence-corrected chi connectivity index (χ3v) is 4.28. The standard InChI is InChI=1S/C16H12N4OS/c1-9-3-4-18-7-13(9)16-20-14(8-22-16)12-5-11(6-17)15(21)19-10(12)2/h3-5,7-8H,1-2H3,(H,19,21). The third-order valence-electron chi connectivity index (χ3n) is 3.41. The number of aromatic amines is 1. The lowest BCUT2D eigenvalue weighted by atomic mass is 10.1. The van der Waals surface area contributed by atoms with Gasteiger partial charge in [-0.05, 0) is 31.5 Å². The number of pyridine rings is 2.